The van der Waals surface area contributed by atoms with Gasteiger partial charge in [-0.15, -0.1) is 0 Å². The monoisotopic (exact) mass is 496 g/mol. The Hall–Kier alpha value is -3.95. The van der Waals surface area contributed by atoms with Crippen LogP contribution in [0.5, 0.6) is 0 Å². The van der Waals surface area contributed by atoms with Gasteiger partial charge < -0.3 is 20.1 Å². The molecule has 0 aliphatic carbocycles. The normalized spacial score (nSPS) is 13.2. The standard InChI is InChI=1S/C26H30F2N6O2/c1-26(2,3)31-25(36)33-12-10-20-19(17-6-5-7-18(14-17)34(27)28)8-9-21(22(20)16-33)24(35)30-15-23-29-11-13-32(23)4/h5-9,11,13-14H,10,12,15-16H2,1-4H3,(H,30,35)(H,31,36). The van der Waals surface area contributed by atoms with E-state index >= 15 is 0 Å². The molecule has 0 saturated carbocycles. The number of aromatic nitrogens is 2. The van der Waals surface area contributed by atoms with Crippen LogP contribution in [0.4, 0.5) is 19.4 Å². The number of halogens is 2. The minimum atomic E-state index is -0.923. The van der Waals surface area contributed by atoms with Crippen LogP contribution < -0.4 is 16.0 Å². The van der Waals surface area contributed by atoms with Crippen LogP contribution in [0.1, 0.15) is 48.1 Å². The molecule has 1 aromatic heterocycles. The number of fused-ring (bicyclic) bond motifs is 1. The smallest absolute Gasteiger partial charge is 0.318 e. The molecule has 0 spiro atoms. The largest absolute Gasteiger partial charge is 0.345 e. The maximum Gasteiger partial charge on any atom is 0.318 e. The van der Waals surface area contributed by atoms with Crippen molar-refractivity contribution in [1.82, 2.24) is 25.1 Å². The summed E-state index contributed by atoms with van der Waals surface area (Å²) in [6.07, 6.45) is 3.95. The first-order valence-electron chi connectivity index (χ1n) is 11.7. The average molecular weight is 497 g/mol. The van der Waals surface area contributed by atoms with E-state index in [1.807, 2.05) is 32.4 Å². The Morgan fingerprint density at radius 1 is 1.14 bits per heavy atom. The summed E-state index contributed by atoms with van der Waals surface area (Å²) in [7, 11) is 1.85. The van der Waals surface area contributed by atoms with Crippen LogP contribution in [0.15, 0.2) is 48.8 Å². The van der Waals surface area contributed by atoms with Crippen molar-refractivity contribution in [2.24, 2.45) is 7.05 Å². The van der Waals surface area contributed by atoms with E-state index in [9.17, 15) is 18.6 Å². The molecule has 2 heterocycles. The van der Waals surface area contributed by atoms with Gasteiger partial charge in [-0.05, 0) is 73.0 Å². The predicted molar refractivity (Wildman–Crippen MR) is 133 cm³/mol. The van der Waals surface area contributed by atoms with Crippen molar-refractivity contribution < 1.29 is 18.6 Å². The van der Waals surface area contributed by atoms with Gasteiger partial charge in [0, 0.05) is 43.6 Å². The van der Waals surface area contributed by atoms with E-state index in [0.29, 0.717) is 35.5 Å². The zero-order valence-corrected chi connectivity index (χ0v) is 20.8. The molecule has 0 fully saturated rings. The lowest BCUT2D eigenvalue weighted by molar-refractivity contribution is 0.0946. The molecule has 2 N–H and O–H groups in total. The van der Waals surface area contributed by atoms with Crippen LogP contribution in [0.3, 0.4) is 0 Å². The molecule has 1 aliphatic heterocycles. The van der Waals surface area contributed by atoms with Crippen molar-refractivity contribution in [3.05, 3.63) is 71.3 Å². The fourth-order valence-corrected chi connectivity index (χ4v) is 4.33. The molecule has 2 aromatic carbocycles. The van der Waals surface area contributed by atoms with E-state index in [0.717, 1.165) is 11.1 Å². The molecule has 0 atom stereocenters. The van der Waals surface area contributed by atoms with Gasteiger partial charge >= 0.3 is 6.03 Å². The molecule has 4 rings (SSSR count). The van der Waals surface area contributed by atoms with Gasteiger partial charge in [-0.2, -0.15) is 0 Å². The third kappa shape index (κ3) is 5.48. The first kappa shape index (κ1) is 25.2. The summed E-state index contributed by atoms with van der Waals surface area (Å²) < 4.78 is 28.2. The van der Waals surface area contributed by atoms with Crippen molar-refractivity contribution in [3.63, 3.8) is 0 Å². The molecule has 0 saturated heterocycles. The zero-order chi connectivity index (χ0) is 26.0. The number of anilines is 1. The molecular formula is C26H30F2N6O2. The third-order valence-electron chi connectivity index (χ3n) is 6.11. The van der Waals surface area contributed by atoms with E-state index in [-0.39, 0.29) is 30.7 Å². The van der Waals surface area contributed by atoms with E-state index in [1.165, 1.54) is 12.1 Å². The molecule has 1 aliphatic rings. The van der Waals surface area contributed by atoms with Gasteiger partial charge in [-0.25, -0.2) is 9.78 Å². The highest BCUT2D eigenvalue weighted by atomic mass is 19.4. The second-order valence-electron chi connectivity index (χ2n) is 9.89. The maximum absolute atomic E-state index is 13.2. The van der Waals surface area contributed by atoms with Crippen LogP contribution in [-0.4, -0.2) is 38.5 Å². The van der Waals surface area contributed by atoms with Gasteiger partial charge in [0.05, 0.1) is 6.54 Å². The Morgan fingerprint density at radius 3 is 2.58 bits per heavy atom. The third-order valence-corrected chi connectivity index (χ3v) is 6.11. The summed E-state index contributed by atoms with van der Waals surface area (Å²) in [5, 5.41) is 4.96. The Bertz CT molecular complexity index is 1280. The summed E-state index contributed by atoms with van der Waals surface area (Å²) in [5.41, 5.74) is 2.79. The van der Waals surface area contributed by atoms with E-state index in [4.69, 9.17) is 0 Å². The molecule has 36 heavy (non-hydrogen) atoms. The number of carbonyl (C=O) groups excluding carboxylic acids is 2. The topological polar surface area (TPSA) is 82.5 Å². The number of hydrogen-bond acceptors (Lipinski definition) is 4. The molecule has 3 amide bonds. The fraction of sp³-hybridized carbons (Fsp3) is 0.346. The number of benzene rings is 2. The number of imidazole rings is 1. The fourth-order valence-electron chi connectivity index (χ4n) is 4.33. The van der Waals surface area contributed by atoms with Gasteiger partial charge in [0.1, 0.15) is 11.5 Å². The van der Waals surface area contributed by atoms with Crippen molar-refractivity contribution in [2.75, 3.05) is 11.9 Å². The highest BCUT2D eigenvalue weighted by Gasteiger charge is 2.29. The summed E-state index contributed by atoms with van der Waals surface area (Å²) in [6.45, 7) is 6.64. The molecule has 0 bridgehead atoms. The minimum Gasteiger partial charge on any atom is -0.345 e. The quantitative estimate of drug-likeness (QED) is 0.511. The van der Waals surface area contributed by atoms with Crippen LogP contribution in [0.25, 0.3) is 11.1 Å². The molecule has 8 nitrogen and oxygen atoms in total. The van der Waals surface area contributed by atoms with Gasteiger partial charge in [-0.3, -0.25) is 4.79 Å². The zero-order valence-electron chi connectivity index (χ0n) is 20.8. The van der Waals surface area contributed by atoms with Gasteiger partial charge in [0.15, 0.2) is 0 Å². The molecule has 0 radical (unpaired) electrons. The van der Waals surface area contributed by atoms with Crippen LogP contribution in [0, 0.1) is 0 Å². The minimum absolute atomic E-state index is 0.217. The van der Waals surface area contributed by atoms with Crippen LogP contribution in [0.2, 0.25) is 0 Å². The molecule has 10 heteroatoms. The number of nitrogens with zero attached hydrogens (tertiary/aromatic N) is 4. The van der Waals surface area contributed by atoms with Crippen molar-refractivity contribution in [2.45, 2.75) is 45.8 Å². The van der Waals surface area contributed by atoms with E-state index in [1.54, 1.807) is 41.6 Å². The van der Waals surface area contributed by atoms with Crippen LogP contribution in [-0.2, 0) is 26.6 Å². The van der Waals surface area contributed by atoms with Crippen molar-refractivity contribution >= 4 is 17.6 Å². The summed E-state index contributed by atoms with van der Waals surface area (Å²) in [5.74, 6) is 0.421. The van der Waals surface area contributed by atoms with Gasteiger partial charge in [-0.1, -0.05) is 27.2 Å². The summed E-state index contributed by atoms with van der Waals surface area (Å²) >= 11 is 0. The molecule has 0 unspecified atom stereocenters. The number of rotatable bonds is 5. The Labute approximate surface area is 208 Å². The number of hydrogen-bond donors (Lipinski definition) is 2. The maximum atomic E-state index is 13.2. The van der Waals surface area contributed by atoms with E-state index in [2.05, 4.69) is 15.6 Å². The van der Waals surface area contributed by atoms with Gasteiger partial charge in [0.2, 0.25) is 0 Å². The SMILES string of the molecule is Cn1ccnc1CNC(=O)c1ccc(-c2cccc(N(F)F)c2)c2c1CN(C(=O)NC(C)(C)C)CC2. The first-order chi connectivity index (χ1) is 17.0. The lowest BCUT2D eigenvalue weighted by Gasteiger charge is -2.34. The number of amides is 3. The summed E-state index contributed by atoms with van der Waals surface area (Å²) in [4.78, 5) is 32.1. The van der Waals surface area contributed by atoms with Gasteiger partial charge in [0.25, 0.3) is 5.91 Å². The first-order valence-corrected chi connectivity index (χ1v) is 11.7. The molecule has 3 aromatic rings. The Morgan fingerprint density at radius 2 is 1.92 bits per heavy atom. The predicted octanol–water partition coefficient (Wildman–Crippen LogP) is 4.46. The highest BCUT2D eigenvalue weighted by molar-refractivity contribution is 5.97. The molecular weight excluding hydrogens is 466 g/mol. The lowest BCUT2D eigenvalue weighted by atomic mass is 9.87. The highest BCUT2D eigenvalue weighted by Crippen LogP contribution is 2.34. The Balaban J connectivity index is 1.70. The van der Waals surface area contributed by atoms with Crippen molar-refractivity contribution in [1.29, 1.82) is 0 Å². The Kier molecular flexibility index (Phi) is 6.96. The second kappa shape index (κ2) is 9.96. The molecule has 190 valence electrons. The van der Waals surface area contributed by atoms with Crippen molar-refractivity contribution in [3.8, 4) is 11.1 Å². The number of carbonyl (C=O) groups is 2. The van der Waals surface area contributed by atoms with E-state index < -0.39 is 10.9 Å². The van der Waals surface area contributed by atoms with Crippen LogP contribution >= 0.6 is 0 Å². The average Bonchev–Trinajstić information content (AvgIpc) is 3.25. The summed E-state index contributed by atoms with van der Waals surface area (Å²) in [6, 6.07) is 9.35. The second-order valence-corrected chi connectivity index (χ2v) is 9.89. The number of urea groups is 1. The lowest BCUT2D eigenvalue weighted by Crippen LogP contribution is -2.50. The number of nitrogens with one attached hydrogen (secondary N) is 2. The number of aryl methyl sites for hydroxylation is 1.